The predicted octanol–water partition coefficient (Wildman–Crippen LogP) is 3.67. The summed E-state index contributed by atoms with van der Waals surface area (Å²) in [5.74, 6) is 0.141. The zero-order chi connectivity index (χ0) is 15.5. The van der Waals surface area contributed by atoms with Crippen molar-refractivity contribution in [2.24, 2.45) is 5.10 Å². The number of nitrogens with one attached hydrogen (secondary N) is 1. The first-order valence-corrected chi connectivity index (χ1v) is 7.35. The van der Waals surface area contributed by atoms with E-state index in [1.165, 1.54) is 35.8 Å². The molecule has 3 N–H and O–H groups in total. The van der Waals surface area contributed by atoms with Crippen molar-refractivity contribution in [3.8, 4) is 5.75 Å². The highest BCUT2D eigenvalue weighted by molar-refractivity contribution is 14.1. The smallest absolute Gasteiger partial charge is 0.405 e. The summed E-state index contributed by atoms with van der Waals surface area (Å²) in [6.07, 6.45) is -3.25. The van der Waals surface area contributed by atoms with Crippen molar-refractivity contribution in [2.45, 2.75) is 6.36 Å². The molecule has 0 spiro atoms. The van der Waals surface area contributed by atoms with E-state index in [2.05, 4.69) is 20.2 Å². The fourth-order valence-electron chi connectivity index (χ4n) is 1.30. The van der Waals surface area contributed by atoms with Gasteiger partial charge in [0, 0.05) is 5.38 Å². The number of nitrogen functional groups attached to an aromatic ring is 1. The largest absolute Gasteiger partial charge is 0.573 e. The molecule has 2 rings (SSSR count). The third-order valence-electron chi connectivity index (χ3n) is 2.08. The highest BCUT2D eigenvalue weighted by Crippen LogP contribution is 2.28. The van der Waals surface area contributed by atoms with Crippen molar-refractivity contribution >= 4 is 51.1 Å². The molecule has 0 atom stereocenters. The van der Waals surface area contributed by atoms with Crippen LogP contribution in [0.1, 0.15) is 5.56 Å². The second kappa shape index (κ2) is 6.47. The number of hydrazone groups is 1. The molecule has 112 valence electrons. The van der Waals surface area contributed by atoms with Gasteiger partial charge in [0.1, 0.15) is 11.6 Å². The number of thiazole rings is 1. The highest BCUT2D eigenvalue weighted by atomic mass is 127. The second-order valence-electron chi connectivity index (χ2n) is 3.69. The van der Waals surface area contributed by atoms with Crippen molar-refractivity contribution in [3.63, 3.8) is 0 Å². The quantitative estimate of drug-likeness (QED) is 0.443. The maximum atomic E-state index is 12.1. The number of alkyl halides is 3. The van der Waals surface area contributed by atoms with E-state index in [9.17, 15) is 13.2 Å². The van der Waals surface area contributed by atoms with Gasteiger partial charge in [0.25, 0.3) is 0 Å². The fraction of sp³-hybridized carbons (Fsp3) is 0.0909. The molecule has 21 heavy (non-hydrogen) atoms. The van der Waals surface area contributed by atoms with Gasteiger partial charge >= 0.3 is 6.36 Å². The van der Waals surface area contributed by atoms with Gasteiger partial charge in [-0.15, -0.1) is 24.5 Å². The van der Waals surface area contributed by atoms with Crippen molar-refractivity contribution in [3.05, 3.63) is 32.7 Å². The molecule has 1 aromatic heterocycles. The molecule has 0 saturated heterocycles. The molecule has 2 aromatic rings. The van der Waals surface area contributed by atoms with Gasteiger partial charge in [0.15, 0.2) is 0 Å². The predicted molar refractivity (Wildman–Crippen MR) is 83.6 cm³/mol. The van der Waals surface area contributed by atoms with Gasteiger partial charge in [-0.3, -0.25) is 5.43 Å². The number of halogens is 4. The number of nitrogens with zero attached hydrogens (tertiary/aromatic N) is 2. The van der Waals surface area contributed by atoms with E-state index in [4.69, 9.17) is 5.73 Å². The van der Waals surface area contributed by atoms with E-state index < -0.39 is 6.36 Å². The van der Waals surface area contributed by atoms with E-state index in [0.717, 1.165) is 0 Å². The minimum Gasteiger partial charge on any atom is -0.405 e. The molecule has 0 unspecified atom stereocenters. The third-order valence-corrected chi connectivity index (χ3v) is 3.69. The third kappa shape index (κ3) is 5.04. The van der Waals surface area contributed by atoms with Gasteiger partial charge in [0.2, 0.25) is 5.13 Å². The number of nitrogens with two attached hydrogens (primary N) is 1. The molecule has 0 bridgehead atoms. The summed E-state index contributed by atoms with van der Waals surface area (Å²) in [7, 11) is 0. The van der Waals surface area contributed by atoms with Crippen molar-refractivity contribution < 1.29 is 17.9 Å². The highest BCUT2D eigenvalue weighted by Gasteiger charge is 2.31. The Bertz CT molecular complexity index is 659. The topological polar surface area (TPSA) is 72.5 Å². The van der Waals surface area contributed by atoms with Gasteiger partial charge < -0.3 is 10.5 Å². The van der Waals surface area contributed by atoms with E-state index >= 15 is 0 Å². The molecule has 0 aliphatic carbocycles. The maximum Gasteiger partial charge on any atom is 0.573 e. The Morgan fingerprint density at radius 1 is 1.43 bits per heavy atom. The van der Waals surface area contributed by atoms with Gasteiger partial charge in [0.05, 0.1) is 9.78 Å². The molecule has 0 radical (unpaired) electrons. The number of hydrogen-bond acceptors (Lipinski definition) is 6. The molecule has 0 amide bonds. The summed E-state index contributed by atoms with van der Waals surface area (Å²) in [5, 5.41) is 6.10. The number of ether oxygens (including phenoxy) is 1. The Morgan fingerprint density at radius 2 is 2.19 bits per heavy atom. The van der Waals surface area contributed by atoms with Crippen LogP contribution in [0, 0.1) is 3.57 Å². The van der Waals surface area contributed by atoms with E-state index in [-0.39, 0.29) is 5.75 Å². The van der Waals surface area contributed by atoms with Gasteiger partial charge in [-0.05, 0) is 46.4 Å². The Hall–Kier alpha value is -1.56. The number of anilines is 2. The molecule has 0 fully saturated rings. The number of rotatable bonds is 4. The number of hydrogen-bond donors (Lipinski definition) is 2. The zero-order valence-electron chi connectivity index (χ0n) is 10.2. The van der Waals surface area contributed by atoms with Gasteiger partial charge in [-0.2, -0.15) is 5.10 Å². The summed E-state index contributed by atoms with van der Waals surface area (Å²) in [6, 6.07) is 4.21. The molecule has 1 heterocycles. The summed E-state index contributed by atoms with van der Waals surface area (Å²) in [4.78, 5) is 3.94. The van der Waals surface area contributed by atoms with Crippen molar-refractivity contribution in [1.29, 1.82) is 0 Å². The fourth-order valence-corrected chi connectivity index (χ4v) is 2.50. The Balaban J connectivity index is 2.03. The molecular weight excluding hydrogens is 420 g/mol. The van der Waals surface area contributed by atoms with Crippen LogP contribution in [-0.4, -0.2) is 17.6 Å². The van der Waals surface area contributed by atoms with Crippen LogP contribution in [0.2, 0.25) is 0 Å². The molecule has 1 aromatic carbocycles. The molecule has 0 saturated carbocycles. The standard InChI is InChI=1S/C11H8F3IN4OS/c12-11(13,14)20-8-2-1-6(3-7(8)15)4-17-19-10-18-9(16)5-21-10/h1-5H,16H2,(H,18,19). The lowest BCUT2D eigenvalue weighted by Crippen LogP contribution is -2.17. The van der Waals surface area contributed by atoms with Crippen LogP contribution in [0.15, 0.2) is 28.7 Å². The van der Waals surface area contributed by atoms with Gasteiger partial charge in [-0.25, -0.2) is 4.98 Å². The van der Waals surface area contributed by atoms with E-state index in [1.54, 1.807) is 28.0 Å². The van der Waals surface area contributed by atoms with Crippen molar-refractivity contribution in [2.75, 3.05) is 11.2 Å². The van der Waals surface area contributed by atoms with Crippen LogP contribution in [-0.2, 0) is 0 Å². The summed E-state index contributed by atoms with van der Waals surface area (Å²) in [6.45, 7) is 0. The maximum absolute atomic E-state index is 12.1. The number of aromatic nitrogens is 1. The van der Waals surface area contributed by atoms with Crippen LogP contribution in [0.4, 0.5) is 24.1 Å². The summed E-state index contributed by atoms with van der Waals surface area (Å²) in [5.41, 5.74) is 8.74. The van der Waals surface area contributed by atoms with E-state index in [1.807, 2.05) is 0 Å². The lowest BCUT2D eigenvalue weighted by molar-refractivity contribution is -0.274. The lowest BCUT2D eigenvalue weighted by Gasteiger charge is -2.10. The van der Waals surface area contributed by atoms with Crippen LogP contribution in [0.5, 0.6) is 5.75 Å². The molecule has 10 heteroatoms. The first-order valence-electron chi connectivity index (χ1n) is 5.39. The minimum atomic E-state index is -4.71. The Morgan fingerprint density at radius 3 is 2.76 bits per heavy atom. The average Bonchev–Trinajstić information content (AvgIpc) is 2.77. The Kier molecular flexibility index (Phi) is 4.88. The zero-order valence-corrected chi connectivity index (χ0v) is 13.2. The molecule has 0 aliphatic rings. The van der Waals surface area contributed by atoms with Crippen molar-refractivity contribution in [1.82, 2.24) is 4.98 Å². The van der Waals surface area contributed by atoms with Crippen LogP contribution in [0.25, 0.3) is 0 Å². The monoisotopic (exact) mass is 428 g/mol. The normalized spacial score (nSPS) is 11.8. The molecule has 5 nitrogen and oxygen atoms in total. The second-order valence-corrected chi connectivity index (χ2v) is 5.71. The van der Waals surface area contributed by atoms with Crippen LogP contribution in [0.3, 0.4) is 0 Å². The van der Waals surface area contributed by atoms with Crippen LogP contribution < -0.4 is 15.9 Å². The SMILES string of the molecule is Nc1csc(NN=Cc2ccc(OC(F)(F)F)c(I)c2)n1. The van der Waals surface area contributed by atoms with Crippen LogP contribution >= 0.6 is 33.9 Å². The minimum absolute atomic E-state index is 0.249. The summed E-state index contributed by atoms with van der Waals surface area (Å²) < 4.78 is 40.6. The Labute approximate surface area is 135 Å². The lowest BCUT2D eigenvalue weighted by atomic mass is 10.2. The summed E-state index contributed by atoms with van der Waals surface area (Å²) >= 11 is 3.05. The number of benzene rings is 1. The van der Waals surface area contributed by atoms with E-state index in [0.29, 0.717) is 20.1 Å². The van der Waals surface area contributed by atoms with Gasteiger partial charge in [-0.1, -0.05) is 0 Å². The first kappa shape index (κ1) is 15.8. The molecular formula is C11H8F3IN4OS. The average molecular weight is 428 g/mol. The first-order chi connectivity index (χ1) is 9.83. The molecule has 0 aliphatic heterocycles.